The van der Waals surface area contributed by atoms with Gasteiger partial charge in [0, 0.05) is 6.54 Å². The number of hydrogen-bond acceptors (Lipinski definition) is 2. The maximum atomic E-state index is 12.4. The standard InChI is InChI=1S/C17H29NO2S/c1-5-6-7-8-9-10-11-18-21(19,20)17-15(3)12-14(2)13-16(17)4/h12-13,18H,5-11H2,1-4H3. The lowest BCUT2D eigenvalue weighted by Gasteiger charge is -2.13. The van der Waals surface area contributed by atoms with Crippen molar-refractivity contribution in [3.63, 3.8) is 0 Å². The highest BCUT2D eigenvalue weighted by Gasteiger charge is 2.18. The van der Waals surface area contributed by atoms with Gasteiger partial charge in [0.05, 0.1) is 4.90 Å². The van der Waals surface area contributed by atoms with Gasteiger partial charge in [-0.3, -0.25) is 0 Å². The minimum absolute atomic E-state index is 0.444. The van der Waals surface area contributed by atoms with Crippen molar-refractivity contribution in [2.24, 2.45) is 0 Å². The Balaban J connectivity index is 2.55. The van der Waals surface area contributed by atoms with Crippen molar-refractivity contribution in [2.75, 3.05) is 6.54 Å². The molecule has 1 rings (SSSR count). The van der Waals surface area contributed by atoms with Gasteiger partial charge in [0.1, 0.15) is 0 Å². The molecule has 0 spiro atoms. The molecule has 0 aliphatic heterocycles. The van der Waals surface area contributed by atoms with E-state index in [0.717, 1.165) is 29.5 Å². The van der Waals surface area contributed by atoms with Crippen LogP contribution in [0.15, 0.2) is 17.0 Å². The summed E-state index contributed by atoms with van der Waals surface area (Å²) in [6, 6.07) is 3.85. The maximum absolute atomic E-state index is 12.4. The summed E-state index contributed by atoms with van der Waals surface area (Å²) in [6.07, 6.45) is 6.95. The predicted molar refractivity (Wildman–Crippen MR) is 89.2 cm³/mol. The fourth-order valence-corrected chi connectivity index (χ4v) is 4.30. The third kappa shape index (κ3) is 5.79. The molecule has 0 aromatic heterocycles. The average Bonchev–Trinajstić information content (AvgIpc) is 2.35. The molecule has 1 aromatic rings. The van der Waals surface area contributed by atoms with Gasteiger partial charge in [-0.15, -0.1) is 0 Å². The number of unbranched alkanes of at least 4 members (excludes halogenated alkanes) is 5. The van der Waals surface area contributed by atoms with Crippen molar-refractivity contribution in [3.8, 4) is 0 Å². The molecule has 0 atom stereocenters. The van der Waals surface area contributed by atoms with E-state index in [1.54, 1.807) is 0 Å². The van der Waals surface area contributed by atoms with Crippen LogP contribution in [0.3, 0.4) is 0 Å². The second kappa shape index (κ2) is 8.54. The summed E-state index contributed by atoms with van der Waals surface area (Å²) in [4.78, 5) is 0.444. The van der Waals surface area contributed by atoms with E-state index >= 15 is 0 Å². The monoisotopic (exact) mass is 311 g/mol. The van der Waals surface area contributed by atoms with Crippen LogP contribution in [0.4, 0.5) is 0 Å². The maximum Gasteiger partial charge on any atom is 0.241 e. The SMILES string of the molecule is CCCCCCCCNS(=O)(=O)c1c(C)cc(C)cc1C. The number of aryl methyl sites for hydroxylation is 3. The number of rotatable bonds is 9. The first kappa shape index (κ1) is 18.2. The summed E-state index contributed by atoms with van der Waals surface area (Å²) in [7, 11) is -3.39. The molecule has 1 N–H and O–H groups in total. The van der Waals surface area contributed by atoms with Crippen LogP contribution in [0, 0.1) is 20.8 Å². The number of nitrogens with one attached hydrogen (secondary N) is 1. The molecule has 0 unspecified atom stereocenters. The molecule has 0 aliphatic carbocycles. The lowest BCUT2D eigenvalue weighted by molar-refractivity contribution is 0.566. The zero-order valence-electron chi connectivity index (χ0n) is 13.8. The summed E-state index contributed by atoms with van der Waals surface area (Å²) in [5.74, 6) is 0. The van der Waals surface area contributed by atoms with Crippen LogP contribution in [0.2, 0.25) is 0 Å². The van der Waals surface area contributed by atoms with Gasteiger partial charge in [0.25, 0.3) is 0 Å². The molecule has 120 valence electrons. The fourth-order valence-electron chi connectivity index (χ4n) is 2.77. The van der Waals surface area contributed by atoms with Crippen molar-refractivity contribution < 1.29 is 8.42 Å². The van der Waals surface area contributed by atoms with Crippen LogP contribution in [0.5, 0.6) is 0 Å². The highest BCUT2D eigenvalue weighted by Crippen LogP contribution is 2.21. The number of benzene rings is 1. The van der Waals surface area contributed by atoms with Crippen LogP contribution in [0.25, 0.3) is 0 Å². The molecule has 0 aliphatic rings. The molecule has 0 fully saturated rings. The molecular weight excluding hydrogens is 282 g/mol. The predicted octanol–water partition coefficient (Wildman–Crippen LogP) is 4.25. The second-order valence-electron chi connectivity index (χ2n) is 5.89. The van der Waals surface area contributed by atoms with Crippen LogP contribution in [0.1, 0.15) is 62.1 Å². The van der Waals surface area contributed by atoms with E-state index in [1.165, 1.54) is 25.7 Å². The smallest absolute Gasteiger partial charge is 0.211 e. The van der Waals surface area contributed by atoms with Crippen molar-refractivity contribution in [1.29, 1.82) is 0 Å². The normalized spacial score (nSPS) is 11.8. The largest absolute Gasteiger partial charge is 0.241 e. The van der Waals surface area contributed by atoms with Crippen LogP contribution in [-0.4, -0.2) is 15.0 Å². The summed E-state index contributed by atoms with van der Waals surface area (Å²) in [5.41, 5.74) is 2.74. The molecular formula is C17H29NO2S. The first-order valence-electron chi connectivity index (χ1n) is 7.96. The Labute approximate surface area is 130 Å². The van der Waals surface area contributed by atoms with Gasteiger partial charge in [-0.25, -0.2) is 13.1 Å². The lowest BCUT2D eigenvalue weighted by atomic mass is 10.1. The number of sulfonamides is 1. The van der Waals surface area contributed by atoms with Gasteiger partial charge in [-0.2, -0.15) is 0 Å². The van der Waals surface area contributed by atoms with Crippen molar-refractivity contribution >= 4 is 10.0 Å². The lowest BCUT2D eigenvalue weighted by Crippen LogP contribution is -2.26. The van der Waals surface area contributed by atoms with E-state index in [0.29, 0.717) is 11.4 Å². The Kier molecular flexibility index (Phi) is 7.40. The molecule has 0 bridgehead atoms. The molecule has 0 heterocycles. The van der Waals surface area contributed by atoms with E-state index in [9.17, 15) is 8.42 Å². The summed E-state index contributed by atoms with van der Waals surface area (Å²) in [5, 5.41) is 0. The molecule has 1 aromatic carbocycles. The zero-order chi connectivity index (χ0) is 15.9. The third-order valence-electron chi connectivity index (χ3n) is 3.70. The molecule has 3 nitrogen and oxygen atoms in total. The molecule has 21 heavy (non-hydrogen) atoms. The molecule has 4 heteroatoms. The molecule has 0 saturated carbocycles. The van der Waals surface area contributed by atoms with Gasteiger partial charge < -0.3 is 0 Å². The highest BCUT2D eigenvalue weighted by atomic mass is 32.2. The Hall–Kier alpha value is -0.870. The Morgan fingerprint density at radius 2 is 1.43 bits per heavy atom. The van der Waals surface area contributed by atoms with Crippen molar-refractivity contribution in [3.05, 3.63) is 28.8 Å². The number of hydrogen-bond donors (Lipinski definition) is 1. The zero-order valence-corrected chi connectivity index (χ0v) is 14.6. The third-order valence-corrected chi connectivity index (χ3v) is 5.46. The van der Waals surface area contributed by atoms with E-state index in [2.05, 4.69) is 11.6 Å². The first-order chi connectivity index (χ1) is 9.88. The van der Waals surface area contributed by atoms with Gasteiger partial charge >= 0.3 is 0 Å². The topological polar surface area (TPSA) is 46.2 Å². The van der Waals surface area contributed by atoms with E-state index < -0.39 is 10.0 Å². The van der Waals surface area contributed by atoms with E-state index in [-0.39, 0.29) is 0 Å². The van der Waals surface area contributed by atoms with Gasteiger partial charge in [-0.1, -0.05) is 56.7 Å². The van der Waals surface area contributed by atoms with Gasteiger partial charge in [0.2, 0.25) is 10.0 Å². The minimum Gasteiger partial charge on any atom is -0.211 e. The highest BCUT2D eigenvalue weighted by molar-refractivity contribution is 7.89. The molecule has 0 amide bonds. The van der Waals surface area contributed by atoms with Crippen LogP contribution < -0.4 is 4.72 Å². The van der Waals surface area contributed by atoms with Crippen molar-refractivity contribution in [2.45, 2.75) is 71.1 Å². The van der Waals surface area contributed by atoms with Gasteiger partial charge in [0.15, 0.2) is 0 Å². The fraction of sp³-hybridized carbons (Fsp3) is 0.647. The molecule has 0 radical (unpaired) electrons. The van der Waals surface area contributed by atoms with Crippen LogP contribution in [-0.2, 0) is 10.0 Å². The quantitative estimate of drug-likeness (QED) is 0.693. The Morgan fingerprint density at radius 3 is 2.00 bits per heavy atom. The Bertz CT molecular complexity index is 527. The van der Waals surface area contributed by atoms with E-state index in [1.807, 2.05) is 32.9 Å². The van der Waals surface area contributed by atoms with Crippen molar-refractivity contribution in [1.82, 2.24) is 4.72 Å². The Morgan fingerprint density at radius 1 is 0.905 bits per heavy atom. The molecule has 0 saturated heterocycles. The van der Waals surface area contributed by atoms with Crippen LogP contribution >= 0.6 is 0 Å². The summed E-state index contributed by atoms with van der Waals surface area (Å²) < 4.78 is 27.6. The summed E-state index contributed by atoms with van der Waals surface area (Å²) in [6.45, 7) is 8.43. The van der Waals surface area contributed by atoms with E-state index in [4.69, 9.17) is 0 Å². The van der Waals surface area contributed by atoms with Gasteiger partial charge in [-0.05, 0) is 38.3 Å². The summed E-state index contributed by atoms with van der Waals surface area (Å²) >= 11 is 0. The first-order valence-corrected chi connectivity index (χ1v) is 9.44. The second-order valence-corrected chi connectivity index (χ2v) is 7.60. The minimum atomic E-state index is -3.39. The average molecular weight is 311 g/mol.